The van der Waals surface area contributed by atoms with E-state index in [0.29, 0.717) is 24.1 Å². The van der Waals surface area contributed by atoms with E-state index in [1.54, 1.807) is 19.3 Å². The molecular weight excluding hydrogens is 454 g/mol. The van der Waals surface area contributed by atoms with Gasteiger partial charge in [-0.1, -0.05) is 37.6 Å². The Morgan fingerprint density at radius 1 is 1.24 bits per heavy atom. The molecule has 2 rings (SSSR count). The van der Waals surface area contributed by atoms with E-state index >= 15 is 0 Å². The molecule has 0 atom stereocenters. The summed E-state index contributed by atoms with van der Waals surface area (Å²) < 4.78 is 13.2. The molecule has 0 saturated heterocycles. The highest BCUT2D eigenvalue weighted by molar-refractivity contribution is 14.0. The van der Waals surface area contributed by atoms with E-state index in [1.165, 1.54) is 12.1 Å². The van der Waals surface area contributed by atoms with Gasteiger partial charge >= 0.3 is 0 Å². The second-order valence-electron chi connectivity index (χ2n) is 6.11. The van der Waals surface area contributed by atoms with Crippen molar-refractivity contribution in [2.24, 2.45) is 4.99 Å². The van der Waals surface area contributed by atoms with Crippen LogP contribution in [0.15, 0.2) is 47.6 Å². The highest BCUT2D eigenvalue weighted by Crippen LogP contribution is 2.29. The van der Waals surface area contributed by atoms with E-state index in [-0.39, 0.29) is 35.2 Å². The summed E-state index contributed by atoms with van der Waals surface area (Å²) in [6.07, 6.45) is 1.76. The monoisotopic (exact) mass is 476 g/mol. The van der Waals surface area contributed by atoms with Gasteiger partial charge in [0.1, 0.15) is 5.82 Å². The minimum Gasteiger partial charge on any atom is -0.356 e. The molecule has 1 aromatic heterocycles. The molecule has 0 unspecified atom stereocenters. The van der Waals surface area contributed by atoms with Crippen LogP contribution in [0.3, 0.4) is 0 Å². The van der Waals surface area contributed by atoms with Crippen molar-refractivity contribution in [3.63, 3.8) is 0 Å². The first-order chi connectivity index (χ1) is 11.4. The van der Waals surface area contributed by atoms with E-state index in [2.05, 4.69) is 20.6 Å². The first kappa shape index (κ1) is 21.6. The quantitative estimate of drug-likeness (QED) is 0.387. The van der Waals surface area contributed by atoms with Crippen LogP contribution >= 0.6 is 35.6 Å². The van der Waals surface area contributed by atoms with Gasteiger partial charge in [-0.3, -0.25) is 9.98 Å². The van der Waals surface area contributed by atoms with Crippen LogP contribution in [-0.2, 0) is 12.0 Å². The van der Waals surface area contributed by atoms with Crippen molar-refractivity contribution in [3.8, 4) is 0 Å². The van der Waals surface area contributed by atoms with Gasteiger partial charge in [0, 0.05) is 30.2 Å². The second-order valence-corrected chi connectivity index (χ2v) is 6.52. The summed E-state index contributed by atoms with van der Waals surface area (Å²) in [5.74, 6) is 0.340. The van der Waals surface area contributed by atoms with E-state index < -0.39 is 0 Å². The lowest BCUT2D eigenvalue weighted by Gasteiger charge is -2.27. The zero-order valence-corrected chi connectivity index (χ0v) is 17.6. The third-order valence-corrected chi connectivity index (χ3v) is 4.06. The van der Waals surface area contributed by atoms with Crippen LogP contribution in [0, 0.1) is 5.82 Å². The minimum atomic E-state index is -0.333. The third kappa shape index (κ3) is 6.43. The molecule has 0 aliphatic carbocycles. The standard InChI is InChI=1S/C18H22ClFN4.HI/c1-18(2,15-8-7-13(20)10-16(15)19)12-24-17(21-3)23-11-14-6-4-5-9-22-14;/h4-10H,11-12H2,1-3H3,(H2,21,23,24);1H. The van der Waals surface area contributed by atoms with Gasteiger partial charge in [-0.15, -0.1) is 24.0 Å². The Labute approximate surface area is 170 Å². The van der Waals surface area contributed by atoms with Crippen molar-refractivity contribution in [1.29, 1.82) is 0 Å². The van der Waals surface area contributed by atoms with Crippen LogP contribution in [-0.4, -0.2) is 24.5 Å². The largest absolute Gasteiger partial charge is 0.356 e. The highest BCUT2D eigenvalue weighted by Gasteiger charge is 2.24. The van der Waals surface area contributed by atoms with Crippen molar-refractivity contribution in [3.05, 3.63) is 64.7 Å². The number of pyridine rings is 1. The van der Waals surface area contributed by atoms with Gasteiger partial charge in [0.05, 0.1) is 12.2 Å². The van der Waals surface area contributed by atoms with Gasteiger partial charge in [0.2, 0.25) is 0 Å². The molecule has 4 nitrogen and oxygen atoms in total. The lowest BCUT2D eigenvalue weighted by molar-refractivity contribution is 0.507. The fourth-order valence-corrected chi connectivity index (χ4v) is 2.76. The van der Waals surface area contributed by atoms with Crippen molar-refractivity contribution in [1.82, 2.24) is 15.6 Å². The molecule has 1 aromatic carbocycles. The van der Waals surface area contributed by atoms with E-state index in [4.69, 9.17) is 11.6 Å². The maximum atomic E-state index is 13.2. The Morgan fingerprint density at radius 3 is 2.60 bits per heavy atom. The molecule has 0 saturated carbocycles. The smallest absolute Gasteiger partial charge is 0.191 e. The van der Waals surface area contributed by atoms with Gasteiger partial charge in [-0.05, 0) is 29.8 Å². The fraction of sp³-hybridized carbons (Fsp3) is 0.333. The first-order valence-electron chi connectivity index (χ1n) is 7.72. The van der Waals surface area contributed by atoms with Crippen LogP contribution in [0.4, 0.5) is 4.39 Å². The summed E-state index contributed by atoms with van der Waals surface area (Å²) in [5, 5.41) is 6.92. The number of hydrogen-bond acceptors (Lipinski definition) is 2. The van der Waals surface area contributed by atoms with Crippen LogP contribution < -0.4 is 10.6 Å². The molecule has 0 bridgehead atoms. The number of nitrogens with zero attached hydrogens (tertiary/aromatic N) is 2. The number of aliphatic imine (C=N–C) groups is 1. The summed E-state index contributed by atoms with van der Waals surface area (Å²) in [5.41, 5.74) is 1.53. The van der Waals surface area contributed by atoms with Crippen molar-refractivity contribution >= 4 is 41.5 Å². The van der Waals surface area contributed by atoms with Gasteiger partial charge < -0.3 is 10.6 Å². The number of benzene rings is 1. The van der Waals surface area contributed by atoms with E-state index in [1.807, 2.05) is 32.0 Å². The van der Waals surface area contributed by atoms with Gasteiger partial charge in [0.25, 0.3) is 0 Å². The molecule has 0 aliphatic heterocycles. The van der Waals surface area contributed by atoms with Crippen molar-refractivity contribution < 1.29 is 4.39 Å². The molecule has 0 aliphatic rings. The summed E-state index contributed by atoms with van der Waals surface area (Å²) >= 11 is 6.18. The first-order valence-corrected chi connectivity index (χ1v) is 8.10. The Balaban J connectivity index is 0.00000312. The number of guanidine groups is 1. The molecule has 136 valence electrons. The predicted octanol–water partition coefficient (Wildman–Crippen LogP) is 4.13. The van der Waals surface area contributed by atoms with E-state index in [0.717, 1.165) is 11.3 Å². The number of aromatic nitrogens is 1. The minimum absolute atomic E-state index is 0. The number of rotatable bonds is 5. The molecule has 0 fully saturated rings. The topological polar surface area (TPSA) is 49.3 Å². The van der Waals surface area contributed by atoms with Crippen LogP contribution in [0.2, 0.25) is 5.02 Å². The lowest BCUT2D eigenvalue weighted by Crippen LogP contribution is -2.43. The summed E-state index contributed by atoms with van der Waals surface area (Å²) in [6, 6.07) is 10.3. The fourth-order valence-electron chi connectivity index (χ4n) is 2.34. The zero-order valence-electron chi connectivity index (χ0n) is 14.5. The van der Waals surface area contributed by atoms with Gasteiger partial charge in [0.15, 0.2) is 5.96 Å². The predicted molar refractivity (Wildman–Crippen MR) is 112 cm³/mol. The van der Waals surface area contributed by atoms with E-state index in [9.17, 15) is 4.39 Å². The zero-order chi connectivity index (χ0) is 17.6. The highest BCUT2D eigenvalue weighted by atomic mass is 127. The third-order valence-electron chi connectivity index (χ3n) is 3.74. The second kappa shape index (κ2) is 9.91. The molecule has 2 aromatic rings. The van der Waals surface area contributed by atoms with Gasteiger partial charge in [-0.2, -0.15) is 0 Å². The Bertz CT molecular complexity index is 707. The molecule has 0 radical (unpaired) electrons. The Hall–Kier alpha value is -1.41. The summed E-state index contributed by atoms with van der Waals surface area (Å²) in [6.45, 7) is 5.27. The average Bonchev–Trinajstić information content (AvgIpc) is 2.55. The molecule has 2 N–H and O–H groups in total. The summed E-state index contributed by atoms with van der Waals surface area (Å²) in [4.78, 5) is 8.47. The summed E-state index contributed by atoms with van der Waals surface area (Å²) in [7, 11) is 1.71. The molecule has 1 heterocycles. The Morgan fingerprint density at radius 2 is 2.00 bits per heavy atom. The van der Waals surface area contributed by atoms with Crippen LogP contribution in [0.25, 0.3) is 0 Å². The Kier molecular flexibility index (Phi) is 8.58. The average molecular weight is 477 g/mol. The number of nitrogens with one attached hydrogen (secondary N) is 2. The van der Waals surface area contributed by atoms with Crippen LogP contribution in [0.5, 0.6) is 0 Å². The van der Waals surface area contributed by atoms with Crippen molar-refractivity contribution in [2.75, 3.05) is 13.6 Å². The van der Waals surface area contributed by atoms with Crippen LogP contribution in [0.1, 0.15) is 25.1 Å². The molecular formula is C18H23ClFIN4. The molecule has 7 heteroatoms. The molecule has 25 heavy (non-hydrogen) atoms. The molecule has 0 amide bonds. The SMILES string of the molecule is CN=C(NCc1ccccn1)NCC(C)(C)c1ccc(F)cc1Cl.I. The van der Waals surface area contributed by atoms with Gasteiger partial charge in [-0.25, -0.2) is 4.39 Å². The lowest BCUT2D eigenvalue weighted by atomic mass is 9.84. The normalized spacial score (nSPS) is 11.6. The molecule has 0 spiro atoms. The number of halogens is 3. The number of hydrogen-bond donors (Lipinski definition) is 2. The van der Waals surface area contributed by atoms with Crippen molar-refractivity contribution in [2.45, 2.75) is 25.8 Å². The maximum Gasteiger partial charge on any atom is 0.191 e. The maximum absolute atomic E-state index is 13.2.